The number of aliphatic imine (C=N–C) groups is 1. The van der Waals surface area contributed by atoms with Gasteiger partial charge in [-0.1, -0.05) is 18.2 Å². The largest absolute Gasteiger partial charge is 0.397 e. The number of anilines is 1. The van der Waals surface area contributed by atoms with Gasteiger partial charge in [0.2, 0.25) is 9.84 Å². The fourth-order valence-electron chi connectivity index (χ4n) is 1.66. The molecule has 104 valence electrons. The summed E-state index contributed by atoms with van der Waals surface area (Å²) in [6, 6.07) is 12.3. The zero-order chi connectivity index (χ0) is 14.8. The number of guanidine groups is 1. The third kappa shape index (κ3) is 2.72. The Kier molecular flexibility index (Phi) is 3.62. The second kappa shape index (κ2) is 5.22. The van der Waals surface area contributed by atoms with E-state index in [1.165, 1.54) is 30.3 Å². The van der Waals surface area contributed by atoms with Crippen molar-refractivity contribution in [2.24, 2.45) is 16.5 Å². The highest BCUT2D eigenvalue weighted by Gasteiger charge is 2.18. The molecular formula is C13H14N4O2S. The van der Waals surface area contributed by atoms with Crippen LogP contribution in [-0.2, 0) is 9.84 Å². The third-order valence-corrected chi connectivity index (χ3v) is 4.38. The van der Waals surface area contributed by atoms with E-state index in [0.717, 1.165) is 0 Å². The minimum atomic E-state index is -3.62. The molecule has 7 heteroatoms. The Morgan fingerprint density at radius 2 is 1.60 bits per heavy atom. The molecule has 0 aliphatic heterocycles. The number of benzene rings is 2. The van der Waals surface area contributed by atoms with Crippen LogP contribution in [0, 0.1) is 0 Å². The number of hydrogen-bond donors (Lipinski definition) is 3. The molecule has 0 heterocycles. The molecule has 0 saturated heterocycles. The van der Waals surface area contributed by atoms with Gasteiger partial charge in [0.05, 0.1) is 21.2 Å². The molecule has 0 radical (unpaired) electrons. The minimum Gasteiger partial charge on any atom is -0.397 e. The quantitative estimate of drug-likeness (QED) is 0.442. The first-order chi connectivity index (χ1) is 9.41. The normalized spacial score (nSPS) is 11.0. The highest BCUT2D eigenvalue weighted by atomic mass is 32.2. The van der Waals surface area contributed by atoms with E-state index in [4.69, 9.17) is 17.2 Å². The van der Waals surface area contributed by atoms with Crippen LogP contribution >= 0.6 is 0 Å². The summed E-state index contributed by atoms with van der Waals surface area (Å²) in [7, 11) is -3.62. The van der Waals surface area contributed by atoms with Gasteiger partial charge in [-0.3, -0.25) is 0 Å². The molecule has 0 unspecified atom stereocenters. The average molecular weight is 290 g/mol. The molecule has 0 atom stereocenters. The Morgan fingerprint density at radius 3 is 2.20 bits per heavy atom. The molecule has 2 rings (SSSR count). The highest BCUT2D eigenvalue weighted by Crippen LogP contribution is 2.28. The summed E-state index contributed by atoms with van der Waals surface area (Å²) in [4.78, 5) is 4.09. The first-order valence-corrected chi connectivity index (χ1v) is 7.19. The van der Waals surface area contributed by atoms with Crippen LogP contribution in [0.1, 0.15) is 0 Å². The molecule has 0 bridgehead atoms. The number of nitrogens with zero attached hydrogens (tertiary/aromatic N) is 1. The molecule has 0 saturated carbocycles. The van der Waals surface area contributed by atoms with Gasteiger partial charge in [-0.05, 0) is 30.3 Å². The summed E-state index contributed by atoms with van der Waals surface area (Å²) in [6.07, 6.45) is 0. The number of hydrogen-bond acceptors (Lipinski definition) is 4. The van der Waals surface area contributed by atoms with Crippen LogP contribution in [0.15, 0.2) is 63.3 Å². The smallest absolute Gasteiger partial charge is 0.206 e. The fourth-order valence-corrected chi connectivity index (χ4v) is 2.96. The van der Waals surface area contributed by atoms with Gasteiger partial charge in [0.1, 0.15) is 0 Å². The van der Waals surface area contributed by atoms with Crippen LogP contribution in [0.2, 0.25) is 0 Å². The predicted octanol–water partition coefficient (Wildman–Crippen LogP) is 1.01. The van der Waals surface area contributed by atoms with Crippen molar-refractivity contribution in [1.29, 1.82) is 0 Å². The van der Waals surface area contributed by atoms with E-state index in [-0.39, 0.29) is 21.4 Å². The van der Waals surface area contributed by atoms with Crippen LogP contribution in [0.4, 0.5) is 11.4 Å². The Bertz CT molecular complexity index is 751. The van der Waals surface area contributed by atoms with Crippen molar-refractivity contribution < 1.29 is 8.42 Å². The molecule has 0 amide bonds. The molecule has 2 aromatic rings. The number of rotatable bonds is 3. The summed E-state index contributed by atoms with van der Waals surface area (Å²) >= 11 is 0. The standard InChI is InChI=1S/C13H14N4O2S/c14-11-7-6-10(8-12(11)17-13(15)16)20(18,19)9-4-2-1-3-5-9/h1-8H,14H2,(H4,15,16,17). The second-order valence-corrected chi connectivity index (χ2v) is 6.02. The Morgan fingerprint density at radius 1 is 0.950 bits per heavy atom. The Labute approximate surface area is 116 Å². The lowest BCUT2D eigenvalue weighted by Gasteiger charge is -2.07. The fraction of sp³-hybridized carbons (Fsp3) is 0. The number of nitrogen functional groups attached to an aromatic ring is 1. The van der Waals surface area contributed by atoms with Crippen molar-refractivity contribution in [3.05, 3.63) is 48.5 Å². The predicted molar refractivity (Wildman–Crippen MR) is 78.2 cm³/mol. The summed E-state index contributed by atoms with van der Waals surface area (Å²) in [6.45, 7) is 0. The van der Waals surface area contributed by atoms with Crippen LogP contribution in [0.3, 0.4) is 0 Å². The zero-order valence-corrected chi connectivity index (χ0v) is 11.3. The monoisotopic (exact) mass is 290 g/mol. The molecule has 0 aliphatic carbocycles. The van der Waals surface area contributed by atoms with Crippen molar-refractivity contribution in [2.45, 2.75) is 9.79 Å². The molecule has 2 aromatic carbocycles. The topological polar surface area (TPSA) is 125 Å². The number of sulfone groups is 1. The molecule has 6 nitrogen and oxygen atoms in total. The summed E-state index contributed by atoms with van der Waals surface area (Å²) in [5.74, 6) is -0.189. The number of nitrogens with two attached hydrogens (primary N) is 3. The van der Waals surface area contributed by atoms with Gasteiger partial charge in [-0.15, -0.1) is 0 Å². The van der Waals surface area contributed by atoms with Gasteiger partial charge in [-0.25, -0.2) is 13.4 Å². The van der Waals surface area contributed by atoms with Crippen molar-refractivity contribution in [3.8, 4) is 0 Å². The maximum Gasteiger partial charge on any atom is 0.206 e. The second-order valence-electron chi connectivity index (χ2n) is 4.07. The summed E-state index contributed by atoms with van der Waals surface area (Å²) < 4.78 is 24.9. The lowest BCUT2D eigenvalue weighted by Crippen LogP contribution is -2.22. The Balaban J connectivity index is 2.57. The molecule has 0 aromatic heterocycles. The van der Waals surface area contributed by atoms with Gasteiger partial charge in [0, 0.05) is 0 Å². The van der Waals surface area contributed by atoms with Crippen LogP contribution in [0.5, 0.6) is 0 Å². The highest BCUT2D eigenvalue weighted by molar-refractivity contribution is 7.91. The van der Waals surface area contributed by atoms with E-state index in [2.05, 4.69) is 4.99 Å². The molecule has 20 heavy (non-hydrogen) atoms. The molecule has 6 N–H and O–H groups in total. The molecule has 0 aliphatic rings. The third-order valence-electron chi connectivity index (χ3n) is 2.62. The maximum absolute atomic E-state index is 12.4. The maximum atomic E-state index is 12.4. The minimum absolute atomic E-state index is 0.0814. The first kappa shape index (κ1) is 13.9. The van der Waals surface area contributed by atoms with Crippen molar-refractivity contribution in [3.63, 3.8) is 0 Å². The molecule has 0 fully saturated rings. The van der Waals surface area contributed by atoms with Crippen LogP contribution in [0.25, 0.3) is 0 Å². The summed E-state index contributed by atoms with van der Waals surface area (Å²) in [5, 5.41) is 0. The van der Waals surface area contributed by atoms with E-state index in [1.807, 2.05) is 0 Å². The average Bonchev–Trinajstić information content (AvgIpc) is 2.41. The molecule has 0 spiro atoms. The van der Waals surface area contributed by atoms with Crippen molar-refractivity contribution in [2.75, 3.05) is 5.73 Å². The van der Waals surface area contributed by atoms with E-state index in [1.54, 1.807) is 18.2 Å². The zero-order valence-electron chi connectivity index (χ0n) is 10.5. The SMILES string of the molecule is NC(N)=Nc1cc(S(=O)(=O)c2ccccc2)ccc1N. The van der Waals surface area contributed by atoms with Gasteiger partial charge < -0.3 is 17.2 Å². The van der Waals surface area contributed by atoms with E-state index >= 15 is 0 Å². The Hall–Kier alpha value is -2.54. The van der Waals surface area contributed by atoms with Crippen LogP contribution < -0.4 is 17.2 Å². The van der Waals surface area contributed by atoms with Crippen LogP contribution in [-0.4, -0.2) is 14.4 Å². The van der Waals surface area contributed by atoms with Crippen molar-refractivity contribution >= 4 is 27.2 Å². The van der Waals surface area contributed by atoms with Gasteiger partial charge in [0.25, 0.3) is 0 Å². The van der Waals surface area contributed by atoms with Gasteiger partial charge in [0.15, 0.2) is 5.96 Å². The lowest BCUT2D eigenvalue weighted by molar-refractivity contribution is 0.596. The van der Waals surface area contributed by atoms with E-state index in [9.17, 15) is 8.42 Å². The summed E-state index contributed by atoms with van der Waals surface area (Å²) in [5.41, 5.74) is 16.8. The lowest BCUT2D eigenvalue weighted by atomic mass is 10.3. The van der Waals surface area contributed by atoms with Crippen molar-refractivity contribution in [1.82, 2.24) is 0 Å². The van der Waals surface area contributed by atoms with E-state index < -0.39 is 9.84 Å². The first-order valence-electron chi connectivity index (χ1n) is 5.70. The van der Waals surface area contributed by atoms with Gasteiger partial charge >= 0.3 is 0 Å². The molecular weight excluding hydrogens is 276 g/mol. The van der Waals surface area contributed by atoms with Gasteiger partial charge in [-0.2, -0.15) is 0 Å². The van der Waals surface area contributed by atoms with E-state index in [0.29, 0.717) is 5.69 Å².